The highest BCUT2D eigenvalue weighted by atomic mass is 16.5. The molecule has 3 unspecified atom stereocenters. The van der Waals surface area contributed by atoms with Crippen LogP contribution in [0.15, 0.2) is 0 Å². The molecule has 2 aliphatic carbocycles. The average Bonchev–Trinajstić information content (AvgIpc) is 3.13. The standard InChI is InChI=1S/C20H33N3O2/c1-3-4-5-6-7-8-9-20(24)25-14-17-15-10-12-18-19(13-11-16(15)17)23(2)22-21-18/h15-17H,3-14H2,1-2H3. The molecule has 0 amide bonds. The van der Waals surface area contributed by atoms with Gasteiger partial charge in [0.1, 0.15) is 0 Å². The minimum absolute atomic E-state index is 0.00363. The van der Waals surface area contributed by atoms with Crippen LogP contribution in [0.5, 0.6) is 0 Å². The van der Waals surface area contributed by atoms with E-state index in [-0.39, 0.29) is 5.97 Å². The summed E-state index contributed by atoms with van der Waals surface area (Å²) in [4.78, 5) is 11.9. The second-order valence-electron chi connectivity index (χ2n) is 7.88. The molecule has 2 aliphatic rings. The van der Waals surface area contributed by atoms with Crippen molar-refractivity contribution < 1.29 is 9.53 Å². The number of carbonyl (C=O) groups excluding carboxylic acids is 1. The van der Waals surface area contributed by atoms with Gasteiger partial charge in [-0.05, 0) is 49.9 Å². The lowest BCUT2D eigenvalue weighted by molar-refractivity contribution is -0.144. The lowest BCUT2D eigenvalue weighted by Gasteiger charge is -2.07. The number of hydrogen-bond acceptors (Lipinski definition) is 4. The van der Waals surface area contributed by atoms with Crippen molar-refractivity contribution in [2.45, 2.75) is 77.6 Å². The second-order valence-corrected chi connectivity index (χ2v) is 7.88. The van der Waals surface area contributed by atoms with Crippen molar-refractivity contribution in [1.29, 1.82) is 0 Å². The minimum atomic E-state index is 0.00363. The zero-order valence-corrected chi connectivity index (χ0v) is 15.9. The summed E-state index contributed by atoms with van der Waals surface area (Å²) in [7, 11) is 1.99. The van der Waals surface area contributed by atoms with Gasteiger partial charge in [0.25, 0.3) is 0 Å². The van der Waals surface area contributed by atoms with Crippen molar-refractivity contribution in [3.05, 3.63) is 11.4 Å². The molecular formula is C20H33N3O2. The van der Waals surface area contributed by atoms with Gasteiger partial charge in [0.2, 0.25) is 0 Å². The maximum Gasteiger partial charge on any atom is 0.305 e. The Bertz CT molecular complexity index is 569. The number of aryl methyl sites for hydroxylation is 2. The summed E-state index contributed by atoms with van der Waals surface area (Å²) in [6.45, 7) is 2.86. The molecule has 1 aromatic rings. The van der Waals surface area contributed by atoms with E-state index >= 15 is 0 Å². The summed E-state index contributed by atoms with van der Waals surface area (Å²) in [5, 5.41) is 8.45. The van der Waals surface area contributed by atoms with Crippen LogP contribution in [0.4, 0.5) is 0 Å². The summed E-state index contributed by atoms with van der Waals surface area (Å²) in [5.74, 6) is 2.03. The molecule has 0 radical (unpaired) electrons. The molecule has 1 fully saturated rings. The van der Waals surface area contributed by atoms with Crippen LogP contribution in [0.25, 0.3) is 0 Å². The van der Waals surface area contributed by atoms with E-state index in [2.05, 4.69) is 17.2 Å². The number of rotatable bonds is 9. The average molecular weight is 348 g/mol. The molecule has 1 saturated carbocycles. The minimum Gasteiger partial charge on any atom is -0.465 e. The molecule has 0 aromatic carbocycles. The largest absolute Gasteiger partial charge is 0.465 e. The van der Waals surface area contributed by atoms with Crippen LogP contribution in [0.2, 0.25) is 0 Å². The number of ether oxygens (including phenoxy) is 1. The molecule has 0 aliphatic heterocycles. The zero-order chi connectivity index (χ0) is 17.6. The van der Waals surface area contributed by atoms with Gasteiger partial charge in [0.15, 0.2) is 0 Å². The van der Waals surface area contributed by atoms with Crippen LogP contribution in [0, 0.1) is 17.8 Å². The number of fused-ring (bicyclic) bond motifs is 2. The van der Waals surface area contributed by atoms with E-state index in [1.165, 1.54) is 43.5 Å². The second kappa shape index (κ2) is 8.81. The monoisotopic (exact) mass is 347 g/mol. The Labute approximate surface area is 151 Å². The number of esters is 1. The van der Waals surface area contributed by atoms with Crippen LogP contribution in [-0.4, -0.2) is 27.6 Å². The molecule has 5 nitrogen and oxygen atoms in total. The van der Waals surface area contributed by atoms with Gasteiger partial charge in [-0.1, -0.05) is 44.2 Å². The fraction of sp³-hybridized carbons (Fsp3) is 0.850. The van der Waals surface area contributed by atoms with Gasteiger partial charge in [-0.3, -0.25) is 9.48 Å². The smallest absolute Gasteiger partial charge is 0.305 e. The topological polar surface area (TPSA) is 57.0 Å². The lowest BCUT2D eigenvalue weighted by atomic mass is 10.0. The number of hydrogen-bond donors (Lipinski definition) is 0. The van der Waals surface area contributed by atoms with E-state index < -0.39 is 0 Å². The van der Waals surface area contributed by atoms with Crippen LogP contribution in [0.1, 0.15) is 76.1 Å². The van der Waals surface area contributed by atoms with E-state index in [9.17, 15) is 4.79 Å². The molecular weight excluding hydrogens is 314 g/mol. The van der Waals surface area contributed by atoms with Gasteiger partial charge in [-0.15, -0.1) is 5.10 Å². The van der Waals surface area contributed by atoms with Crippen LogP contribution >= 0.6 is 0 Å². The van der Waals surface area contributed by atoms with Gasteiger partial charge in [-0.2, -0.15) is 0 Å². The van der Waals surface area contributed by atoms with Crippen molar-refractivity contribution >= 4 is 5.97 Å². The molecule has 140 valence electrons. The normalized spacial score (nSPS) is 24.8. The number of carbonyl (C=O) groups is 1. The molecule has 0 spiro atoms. The molecule has 0 bridgehead atoms. The predicted octanol–water partition coefficient (Wildman–Crippen LogP) is 3.85. The van der Waals surface area contributed by atoms with E-state index in [4.69, 9.17) is 4.74 Å². The van der Waals surface area contributed by atoms with E-state index in [1.807, 2.05) is 11.7 Å². The molecule has 25 heavy (non-hydrogen) atoms. The molecule has 1 heterocycles. The van der Waals surface area contributed by atoms with Crippen molar-refractivity contribution in [1.82, 2.24) is 15.0 Å². The molecule has 3 atom stereocenters. The third-order valence-corrected chi connectivity index (χ3v) is 6.13. The summed E-state index contributed by atoms with van der Waals surface area (Å²) in [6.07, 6.45) is 12.3. The molecule has 5 heteroatoms. The molecule has 1 aromatic heterocycles. The predicted molar refractivity (Wildman–Crippen MR) is 97.1 cm³/mol. The number of aromatic nitrogens is 3. The first kappa shape index (κ1) is 18.4. The van der Waals surface area contributed by atoms with Crippen molar-refractivity contribution in [3.8, 4) is 0 Å². The third kappa shape index (κ3) is 4.83. The van der Waals surface area contributed by atoms with E-state index in [0.29, 0.717) is 18.9 Å². The summed E-state index contributed by atoms with van der Waals surface area (Å²) in [6, 6.07) is 0. The van der Waals surface area contributed by atoms with Crippen molar-refractivity contribution in [2.75, 3.05) is 6.61 Å². The summed E-state index contributed by atoms with van der Waals surface area (Å²) >= 11 is 0. The molecule has 3 rings (SSSR count). The van der Waals surface area contributed by atoms with Crippen molar-refractivity contribution in [3.63, 3.8) is 0 Å². The Morgan fingerprint density at radius 2 is 1.84 bits per heavy atom. The maximum atomic E-state index is 11.9. The quantitative estimate of drug-likeness (QED) is 0.503. The summed E-state index contributed by atoms with van der Waals surface area (Å²) < 4.78 is 7.50. The van der Waals surface area contributed by atoms with Gasteiger partial charge in [0.05, 0.1) is 18.0 Å². The highest BCUT2D eigenvalue weighted by Crippen LogP contribution is 2.52. The Kier molecular flexibility index (Phi) is 6.49. The Morgan fingerprint density at radius 1 is 1.12 bits per heavy atom. The van der Waals surface area contributed by atoms with Crippen molar-refractivity contribution in [2.24, 2.45) is 24.8 Å². The number of nitrogens with zero attached hydrogens (tertiary/aromatic N) is 3. The molecule has 0 N–H and O–H groups in total. The van der Waals surface area contributed by atoms with Gasteiger partial charge < -0.3 is 4.74 Å². The lowest BCUT2D eigenvalue weighted by Crippen LogP contribution is -2.08. The number of unbranched alkanes of at least 4 members (excludes halogenated alkanes) is 5. The first-order valence-corrected chi connectivity index (χ1v) is 10.2. The van der Waals surface area contributed by atoms with Gasteiger partial charge >= 0.3 is 5.97 Å². The Morgan fingerprint density at radius 3 is 2.64 bits per heavy atom. The SMILES string of the molecule is CCCCCCCCC(=O)OCC1C2CCc3nnn(C)c3CCC21. The fourth-order valence-corrected chi connectivity index (χ4v) is 4.47. The van der Waals surface area contributed by atoms with Gasteiger partial charge in [-0.25, -0.2) is 0 Å². The Hall–Kier alpha value is -1.39. The van der Waals surface area contributed by atoms with E-state index in [1.54, 1.807) is 0 Å². The highest BCUT2D eigenvalue weighted by Gasteiger charge is 2.50. The van der Waals surface area contributed by atoms with Gasteiger partial charge in [0, 0.05) is 13.5 Å². The fourth-order valence-electron chi connectivity index (χ4n) is 4.47. The van der Waals surface area contributed by atoms with Crippen LogP contribution in [-0.2, 0) is 29.4 Å². The Balaban J connectivity index is 1.32. The van der Waals surface area contributed by atoms with Crippen LogP contribution in [0.3, 0.4) is 0 Å². The van der Waals surface area contributed by atoms with Crippen LogP contribution < -0.4 is 0 Å². The third-order valence-electron chi connectivity index (χ3n) is 6.13. The zero-order valence-electron chi connectivity index (χ0n) is 15.9. The highest BCUT2D eigenvalue weighted by molar-refractivity contribution is 5.69. The first-order valence-electron chi connectivity index (χ1n) is 10.2. The molecule has 0 saturated heterocycles. The summed E-state index contributed by atoms with van der Waals surface area (Å²) in [5.41, 5.74) is 2.47. The maximum absolute atomic E-state index is 11.9. The van der Waals surface area contributed by atoms with E-state index in [0.717, 1.165) is 43.9 Å². The first-order chi connectivity index (χ1) is 12.2.